The Morgan fingerprint density at radius 1 is 1.28 bits per heavy atom. The Bertz CT molecular complexity index is 828. The monoisotopic (exact) mass is 338 g/mol. The minimum atomic E-state index is 0.148. The number of hydrogen-bond donors (Lipinski definition) is 2. The van der Waals surface area contributed by atoms with E-state index in [0.29, 0.717) is 13.2 Å². The predicted octanol–water partition coefficient (Wildman–Crippen LogP) is 2.13. The first-order valence-corrected chi connectivity index (χ1v) is 8.54. The van der Waals surface area contributed by atoms with E-state index in [1.54, 1.807) is 6.20 Å². The van der Waals surface area contributed by atoms with Crippen LogP contribution in [-0.2, 0) is 4.74 Å². The van der Waals surface area contributed by atoms with Gasteiger partial charge in [-0.3, -0.25) is 5.10 Å². The number of nitrogens with one attached hydrogen (secondary N) is 2. The largest absolute Gasteiger partial charge is 0.379 e. The molecule has 7 heteroatoms. The summed E-state index contributed by atoms with van der Waals surface area (Å²) in [7, 11) is 0. The Morgan fingerprint density at radius 3 is 2.92 bits per heavy atom. The van der Waals surface area contributed by atoms with Crippen molar-refractivity contribution in [2.24, 2.45) is 0 Å². The lowest BCUT2D eigenvalue weighted by Crippen LogP contribution is -2.37. The minimum absolute atomic E-state index is 0.148. The van der Waals surface area contributed by atoms with Crippen molar-refractivity contribution in [3.63, 3.8) is 0 Å². The summed E-state index contributed by atoms with van der Waals surface area (Å²) in [5, 5.41) is 15.3. The molecule has 1 saturated heterocycles. The smallest absolute Gasteiger partial charge is 0.157 e. The summed E-state index contributed by atoms with van der Waals surface area (Å²) >= 11 is 0. The number of aromatic amines is 1. The second-order valence-corrected chi connectivity index (χ2v) is 6.43. The summed E-state index contributed by atoms with van der Waals surface area (Å²) in [4.78, 5) is 4.48. The van der Waals surface area contributed by atoms with Crippen LogP contribution in [0.1, 0.15) is 36.1 Å². The zero-order chi connectivity index (χ0) is 17.2. The highest BCUT2D eigenvalue weighted by Crippen LogP contribution is 2.27. The van der Waals surface area contributed by atoms with E-state index in [1.807, 2.05) is 29.9 Å². The summed E-state index contributed by atoms with van der Waals surface area (Å²) in [5.41, 5.74) is 2.28. The molecule has 2 aromatic heterocycles. The molecular formula is C18H22N6O. The van der Waals surface area contributed by atoms with Gasteiger partial charge in [-0.25, -0.2) is 9.67 Å². The maximum atomic E-state index is 5.70. The second-order valence-electron chi connectivity index (χ2n) is 6.43. The van der Waals surface area contributed by atoms with Crippen molar-refractivity contribution >= 4 is 0 Å². The number of nitrogens with zero attached hydrogens (tertiary/aromatic N) is 4. The van der Waals surface area contributed by atoms with Gasteiger partial charge in [0.2, 0.25) is 0 Å². The van der Waals surface area contributed by atoms with E-state index in [4.69, 9.17) is 4.74 Å². The molecule has 0 radical (unpaired) electrons. The molecule has 130 valence electrons. The summed E-state index contributed by atoms with van der Waals surface area (Å²) in [5.74, 6) is 1.81. The molecule has 3 heterocycles. The van der Waals surface area contributed by atoms with Crippen LogP contribution in [0.5, 0.6) is 0 Å². The third kappa shape index (κ3) is 3.20. The van der Waals surface area contributed by atoms with Crippen molar-refractivity contribution in [3.8, 4) is 5.69 Å². The Labute approximate surface area is 146 Å². The van der Waals surface area contributed by atoms with Gasteiger partial charge in [-0.15, -0.1) is 0 Å². The fraction of sp³-hybridized carbons (Fsp3) is 0.389. The van der Waals surface area contributed by atoms with Crippen molar-refractivity contribution in [3.05, 3.63) is 59.9 Å². The van der Waals surface area contributed by atoms with Gasteiger partial charge in [-0.05, 0) is 31.5 Å². The van der Waals surface area contributed by atoms with Gasteiger partial charge < -0.3 is 10.1 Å². The first-order chi connectivity index (χ1) is 12.2. The van der Waals surface area contributed by atoms with Crippen LogP contribution in [-0.4, -0.2) is 44.2 Å². The zero-order valence-corrected chi connectivity index (χ0v) is 14.4. The number of aryl methyl sites for hydroxylation is 1. The standard InChI is InChI=1S/C18H22N6O/c1-12(14-6-3-4-7-17(14)24-9-5-8-19-24)20-16-11-25-10-15(16)18-21-13(2)22-23-18/h3-9,12,15-16,20H,10-11H2,1-2H3,(H,21,22,23)/t12?,15-,16+/m0/s1. The average molecular weight is 338 g/mol. The van der Waals surface area contributed by atoms with Crippen LogP contribution in [0.15, 0.2) is 42.7 Å². The van der Waals surface area contributed by atoms with Gasteiger partial charge in [0.15, 0.2) is 5.82 Å². The molecule has 1 unspecified atom stereocenters. The first-order valence-electron chi connectivity index (χ1n) is 8.54. The number of aromatic nitrogens is 5. The fourth-order valence-electron chi connectivity index (χ4n) is 3.38. The third-order valence-corrected chi connectivity index (χ3v) is 4.65. The number of benzene rings is 1. The van der Waals surface area contributed by atoms with E-state index >= 15 is 0 Å². The topological polar surface area (TPSA) is 80.7 Å². The number of rotatable bonds is 5. The van der Waals surface area contributed by atoms with E-state index < -0.39 is 0 Å². The van der Waals surface area contributed by atoms with E-state index in [9.17, 15) is 0 Å². The predicted molar refractivity (Wildman–Crippen MR) is 93.6 cm³/mol. The van der Waals surface area contributed by atoms with E-state index in [1.165, 1.54) is 5.56 Å². The lowest BCUT2D eigenvalue weighted by Gasteiger charge is -2.24. The van der Waals surface area contributed by atoms with Gasteiger partial charge in [0.05, 0.1) is 24.8 Å². The zero-order valence-electron chi connectivity index (χ0n) is 14.4. The number of H-pyrrole nitrogens is 1. The molecule has 3 atom stereocenters. The Hall–Kier alpha value is -2.51. The van der Waals surface area contributed by atoms with Crippen LogP contribution in [0.25, 0.3) is 5.69 Å². The highest BCUT2D eigenvalue weighted by atomic mass is 16.5. The quantitative estimate of drug-likeness (QED) is 0.745. The number of para-hydroxylation sites is 1. The molecule has 1 aliphatic rings. The molecule has 3 aromatic rings. The molecule has 2 N–H and O–H groups in total. The van der Waals surface area contributed by atoms with Crippen LogP contribution in [0.3, 0.4) is 0 Å². The van der Waals surface area contributed by atoms with Gasteiger partial charge in [0, 0.05) is 24.5 Å². The number of hydrogen-bond acceptors (Lipinski definition) is 5. The summed E-state index contributed by atoms with van der Waals surface area (Å²) in [6.45, 7) is 5.38. The van der Waals surface area contributed by atoms with Crippen LogP contribution in [0, 0.1) is 6.92 Å². The molecule has 7 nitrogen and oxygen atoms in total. The Balaban J connectivity index is 1.55. The second kappa shape index (κ2) is 6.78. The van der Waals surface area contributed by atoms with E-state index in [-0.39, 0.29) is 18.0 Å². The van der Waals surface area contributed by atoms with Crippen molar-refractivity contribution in [2.45, 2.75) is 31.8 Å². The lowest BCUT2D eigenvalue weighted by molar-refractivity contribution is 0.186. The summed E-state index contributed by atoms with van der Waals surface area (Å²) < 4.78 is 7.60. The van der Waals surface area contributed by atoms with Crippen molar-refractivity contribution in [1.82, 2.24) is 30.3 Å². The molecule has 1 aliphatic heterocycles. The molecular weight excluding hydrogens is 316 g/mol. The van der Waals surface area contributed by atoms with Crippen molar-refractivity contribution < 1.29 is 4.74 Å². The van der Waals surface area contributed by atoms with Crippen LogP contribution >= 0.6 is 0 Å². The van der Waals surface area contributed by atoms with Gasteiger partial charge in [-0.2, -0.15) is 10.2 Å². The molecule has 0 aliphatic carbocycles. The van der Waals surface area contributed by atoms with Gasteiger partial charge in [-0.1, -0.05) is 18.2 Å². The van der Waals surface area contributed by atoms with Gasteiger partial charge >= 0.3 is 0 Å². The molecule has 0 bridgehead atoms. The normalized spacial score (nSPS) is 21.5. The highest BCUT2D eigenvalue weighted by molar-refractivity contribution is 5.42. The lowest BCUT2D eigenvalue weighted by atomic mass is 9.99. The number of ether oxygens (including phenoxy) is 1. The molecule has 25 heavy (non-hydrogen) atoms. The summed E-state index contributed by atoms with van der Waals surface area (Å²) in [6, 6.07) is 10.6. The molecule has 1 aromatic carbocycles. The molecule has 4 rings (SSSR count). The van der Waals surface area contributed by atoms with Gasteiger partial charge in [0.25, 0.3) is 0 Å². The maximum Gasteiger partial charge on any atom is 0.157 e. The van der Waals surface area contributed by atoms with Gasteiger partial charge in [0.1, 0.15) is 5.82 Å². The van der Waals surface area contributed by atoms with Crippen LogP contribution in [0.4, 0.5) is 0 Å². The molecule has 0 saturated carbocycles. The Morgan fingerprint density at radius 2 is 2.16 bits per heavy atom. The fourth-order valence-corrected chi connectivity index (χ4v) is 3.38. The van der Waals surface area contributed by atoms with E-state index in [2.05, 4.69) is 50.7 Å². The van der Waals surface area contributed by atoms with Crippen molar-refractivity contribution in [2.75, 3.05) is 13.2 Å². The van der Waals surface area contributed by atoms with E-state index in [0.717, 1.165) is 17.3 Å². The van der Waals surface area contributed by atoms with Crippen molar-refractivity contribution in [1.29, 1.82) is 0 Å². The molecule has 0 spiro atoms. The SMILES string of the molecule is Cc1nc([C@H]2COC[C@H]2NC(C)c2ccccc2-n2cccn2)n[nH]1. The average Bonchev–Trinajstić information content (AvgIpc) is 3.36. The molecule has 0 amide bonds. The van der Waals surface area contributed by atoms with Crippen LogP contribution in [0.2, 0.25) is 0 Å². The summed E-state index contributed by atoms with van der Waals surface area (Å²) in [6.07, 6.45) is 3.75. The Kier molecular flexibility index (Phi) is 4.33. The van der Waals surface area contributed by atoms with Crippen LogP contribution < -0.4 is 5.32 Å². The minimum Gasteiger partial charge on any atom is -0.379 e. The molecule has 1 fully saturated rings. The first kappa shape index (κ1) is 16.0. The maximum absolute atomic E-state index is 5.70. The third-order valence-electron chi connectivity index (χ3n) is 4.65. The highest BCUT2D eigenvalue weighted by Gasteiger charge is 2.33.